The Hall–Kier alpha value is -2.04. The second-order valence-corrected chi connectivity index (χ2v) is 10.9. The lowest BCUT2D eigenvalue weighted by Crippen LogP contribution is -2.37. The second-order valence-electron chi connectivity index (χ2n) is 10.1. The summed E-state index contributed by atoms with van der Waals surface area (Å²) in [6.45, 7) is 3.94. The van der Waals surface area contributed by atoms with E-state index in [-0.39, 0.29) is 24.2 Å². The van der Waals surface area contributed by atoms with Crippen LogP contribution in [0.3, 0.4) is 0 Å². The van der Waals surface area contributed by atoms with Crippen LogP contribution in [0.15, 0.2) is 78.9 Å². The summed E-state index contributed by atoms with van der Waals surface area (Å²) in [5.41, 5.74) is 3.63. The molecular formula is C31H37Cl3N2O. The van der Waals surface area contributed by atoms with Crippen molar-refractivity contribution in [3.63, 3.8) is 0 Å². The van der Waals surface area contributed by atoms with E-state index in [1.165, 1.54) is 24.8 Å². The zero-order valence-electron chi connectivity index (χ0n) is 21.5. The van der Waals surface area contributed by atoms with E-state index in [1.807, 2.05) is 54.4 Å². The Morgan fingerprint density at radius 2 is 1.54 bits per heavy atom. The first-order chi connectivity index (χ1) is 17.5. The summed E-state index contributed by atoms with van der Waals surface area (Å²) >= 11 is 12.6. The predicted octanol–water partition coefficient (Wildman–Crippen LogP) is 7.54. The van der Waals surface area contributed by atoms with E-state index in [9.17, 15) is 4.79 Å². The fourth-order valence-electron chi connectivity index (χ4n) is 5.17. The Labute approximate surface area is 238 Å². The molecule has 198 valence electrons. The normalized spacial score (nSPS) is 15.1. The SMILES string of the molecule is CN(CC(CCN1CCC(Cc2ccccc2)CC1)c1ccc(Cl)c(Cl)c1)C(=O)Cc1ccccc1.Cl. The molecule has 0 bridgehead atoms. The van der Waals surface area contributed by atoms with Gasteiger partial charge in [-0.2, -0.15) is 0 Å². The van der Waals surface area contributed by atoms with Gasteiger partial charge in [0.2, 0.25) is 5.91 Å². The highest BCUT2D eigenvalue weighted by Gasteiger charge is 2.23. The van der Waals surface area contributed by atoms with Gasteiger partial charge in [-0.05, 0) is 80.1 Å². The highest BCUT2D eigenvalue weighted by molar-refractivity contribution is 6.42. The van der Waals surface area contributed by atoms with E-state index >= 15 is 0 Å². The van der Waals surface area contributed by atoms with Gasteiger partial charge in [0.15, 0.2) is 0 Å². The van der Waals surface area contributed by atoms with Crippen molar-refractivity contribution < 1.29 is 4.79 Å². The standard InChI is InChI=1S/C31H36Cl2N2O.ClH/c1-34(31(36)21-25-10-6-3-7-11-25)23-28(27-12-13-29(32)30(33)22-27)16-19-35-17-14-26(15-18-35)20-24-8-4-2-5-9-24;/h2-13,22,26,28H,14-21,23H2,1H3;1H. The van der Waals surface area contributed by atoms with E-state index in [4.69, 9.17) is 23.2 Å². The summed E-state index contributed by atoms with van der Waals surface area (Å²) in [7, 11) is 1.91. The van der Waals surface area contributed by atoms with Crippen LogP contribution in [0.5, 0.6) is 0 Å². The van der Waals surface area contributed by atoms with Gasteiger partial charge in [0, 0.05) is 19.5 Å². The summed E-state index contributed by atoms with van der Waals surface area (Å²) in [5, 5.41) is 1.13. The van der Waals surface area contributed by atoms with Gasteiger partial charge in [0.1, 0.15) is 0 Å². The molecule has 1 heterocycles. The van der Waals surface area contributed by atoms with Crippen LogP contribution in [0.1, 0.15) is 41.9 Å². The molecule has 0 saturated carbocycles. The molecule has 1 atom stereocenters. The van der Waals surface area contributed by atoms with Crippen LogP contribution in [-0.4, -0.2) is 48.9 Å². The van der Waals surface area contributed by atoms with Crippen molar-refractivity contribution in [2.75, 3.05) is 33.2 Å². The topological polar surface area (TPSA) is 23.6 Å². The number of carbonyl (C=O) groups excluding carboxylic acids is 1. The van der Waals surface area contributed by atoms with Crippen molar-refractivity contribution >= 4 is 41.5 Å². The minimum atomic E-state index is 0. The van der Waals surface area contributed by atoms with Gasteiger partial charge >= 0.3 is 0 Å². The van der Waals surface area contributed by atoms with Crippen LogP contribution in [0, 0.1) is 5.92 Å². The number of rotatable bonds is 10. The molecule has 37 heavy (non-hydrogen) atoms. The minimum Gasteiger partial charge on any atom is -0.345 e. The molecular weight excluding hydrogens is 523 g/mol. The van der Waals surface area contributed by atoms with Gasteiger partial charge in [0.05, 0.1) is 16.5 Å². The molecule has 1 fully saturated rings. The Morgan fingerprint density at radius 3 is 2.16 bits per heavy atom. The zero-order valence-corrected chi connectivity index (χ0v) is 23.8. The third-order valence-corrected chi connectivity index (χ3v) is 8.14. The highest BCUT2D eigenvalue weighted by atomic mass is 35.5. The number of nitrogens with zero attached hydrogens (tertiary/aromatic N) is 2. The van der Waals surface area contributed by atoms with E-state index in [1.54, 1.807) is 0 Å². The zero-order chi connectivity index (χ0) is 25.3. The van der Waals surface area contributed by atoms with Crippen LogP contribution in [0.25, 0.3) is 0 Å². The molecule has 0 radical (unpaired) electrons. The molecule has 3 aromatic carbocycles. The predicted molar refractivity (Wildman–Crippen MR) is 158 cm³/mol. The minimum absolute atomic E-state index is 0. The number of likely N-dealkylation sites (tertiary alicyclic amines) is 1. The Kier molecular flexibility index (Phi) is 11.8. The number of hydrogen-bond donors (Lipinski definition) is 0. The van der Waals surface area contributed by atoms with Gasteiger partial charge in [-0.3, -0.25) is 4.79 Å². The summed E-state index contributed by atoms with van der Waals surface area (Å²) in [4.78, 5) is 17.4. The lowest BCUT2D eigenvalue weighted by atomic mass is 9.89. The molecule has 4 rings (SSSR count). The lowest BCUT2D eigenvalue weighted by Gasteiger charge is -2.33. The van der Waals surface area contributed by atoms with Gasteiger partial charge in [0.25, 0.3) is 0 Å². The van der Waals surface area contributed by atoms with Crippen LogP contribution < -0.4 is 0 Å². The average Bonchev–Trinajstić information content (AvgIpc) is 2.90. The van der Waals surface area contributed by atoms with Gasteiger partial charge < -0.3 is 9.80 Å². The number of benzene rings is 3. The second kappa shape index (κ2) is 14.8. The summed E-state index contributed by atoms with van der Waals surface area (Å²) in [6, 6.07) is 26.7. The Balaban J connectivity index is 0.00000380. The van der Waals surface area contributed by atoms with Crippen molar-refractivity contribution in [3.8, 4) is 0 Å². The van der Waals surface area contributed by atoms with Crippen molar-refractivity contribution in [2.45, 2.75) is 38.0 Å². The molecule has 0 aliphatic carbocycles. The van der Waals surface area contributed by atoms with E-state index in [0.29, 0.717) is 23.0 Å². The molecule has 3 aromatic rings. The molecule has 6 heteroatoms. The first-order valence-electron chi connectivity index (χ1n) is 13.0. The molecule has 0 N–H and O–H groups in total. The van der Waals surface area contributed by atoms with Gasteiger partial charge in [-0.25, -0.2) is 0 Å². The molecule has 1 saturated heterocycles. The maximum atomic E-state index is 13.0. The van der Waals surface area contributed by atoms with Crippen molar-refractivity contribution in [1.29, 1.82) is 0 Å². The number of piperidine rings is 1. The third-order valence-electron chi connectivity index (χ3n) is 7.40. The molecule has 3 nitrogen and oxygen atoms in total. The molecule has 1 unspecified atom stereocenters. The van der Waals surface area contributed by atoms with Crippen LogP contribution in [-0.2, 0) is 17.6 Å². The summed E-state index contributed by atoms with van der Waals surface area (Å²) < 4.78 is 0. The number of carbonyl (C=O) groups is 1. The van der Waals surface area contributed by atoms with E-state index in [2.05, 4.69) is 41.3 Å². The van der Waals surface area contributed by atoms with Gasteiger partial charge in [-0.15, -0.1) is 12.4 Å². The maximum Gasteiger partial charge on any atom is 0.226 e. The first-order valence-corrected chi connectivity index (χ1v) is 13.7. The molecule has 1 amide bonds. The van der Waals surface area contributed by atoms with Gasteiger partial charge in [-0.1, -0.05) is 89.9 Å². The smallest absolute Gasteiger partial charge is 0.226 e. The average molecular weight is 560 g/mol. The summed E-state index contributed by atoms with van der Waals surface area (Å²) in [5.74, 6) is 1.09. The molecule has 0 spiro atoms. The fraction of sp³-hybridized carbons (Fsp3) is 0.387. The van der Waals surface area contributed by atoms with Crippen LogP contribution >= 0.6 is 35.6 Å². The molecule has 1 aliphatic heterocycles. The quantitative estimate of drug-likeness (QED) is 0.256. The third kappa shape index (κ3) is 9.04. The highest BCUT2D eigenvalue weighted by Crippen LogP contribution is 2.30. The number of amides is 1. The number of halogens is 3. The van der Waals surface area contributed by atoms with E-state index < -0.39 is 0 Å². The lowest BCUT2D eigenvalue weighted by molar-refractivity contribution is -0.129. The van der Waals surface area contributed by atoms with Crippen molar-refractivity contribution in [2.24, 2.45) is 5.92 Å². The van der Waals surface area contributed by atoms with Crippen LogP contribution in [0.2, 0.25) is 10.0 Å². The van der Waals surface area contributed by atoms with Crippen molar-refractivity contribution in [3.05, 3.63) is 106 Å². The Bertz CT molecular complexity index is 1100. The molecule has 0 aromatic heterocycles. The largest absolute Gasteiger partial charge is 0.345 e. The fourth-order valence-corrected chi connectivity index (χ4v) is 5.47. The first kappa shape index (κ1) is 29.5. The number of hydrogen-bond acceptors (Lipinski definition) is 2. The van der Waals surface area contributed by atoms with Crippen LogP contribution in [0.4, 0.5) is 0 Å². The maximum absolute atomic E-state index is 13.0. The van der Waals surface area contributed by atoms with E-state index in [0.717, 1.165) is 43.1 Å². The molecule has 1 aliphatic rings. The van der Waals surface area contributed by atoms with Crippen molar-refractivity contribution in [1.82, 2.24) is 9.80 Å². The Morgan fingerprint density at radius 1 is 0.919 bits per heavy atom. The number of likely N-dealkylation sites (N-methyl/N-ethyl adjacent to an activating group) is 1. The monoisotopic (exact) mass is 558 g/mol. The summed E-state index contributed by atoms with van der Waals surface area (Å²) in [6.07, 6.45) is 5.04.